The van der Waals surface area contributed by atoms with Gasteiger partial charge >= 0.3 is 0 Å². The van der Waals surface area contributed by atoms with Gasteiger partial charge in [-0.15, -0.1) is 0 Å². The maximum Gasteiger partial charge on any atom is 0.247 e. The van der Waals surface area contributed by atoms with E-state index in [4.69, 9.17) is 14.2 Å². The Labute approximate surface area is 172 Å². The van der Waals surface area contributed by atoms with Gasteiger partial charge in [-0.05, 0) is 42.7 Å². The molecule has 1 heterocycles. The molecule has 0 bridgehead atoms. The van der Waals surface area contributed by atoms with Crippen LogP contribution in [0.25, 0.3) is 6.08 Å². The SMILES string of the molecule is COc1ccc([C@@H]2CCCCCN2C(=O)/C=C/c2cccc(OC)c2OC)cc1. The number of rotatable bonds is 6. The Morgan fingerprint density at radius 3 is 2.45 bits per heavy atom. The number of nitrogens with zero attached hydrogens (tertiary/aromatic N) is 1. The molecular weight excluding hydrogens is 366 g/mol. The molecule has 1 amide bonds. The first-order valence-electron chi connectivity index (χ1n) is 10.0. The topological polar surface area (TPSA) is 48.0 Å². The molecule has 0 unspecified atom stereocenters. The quantitative estimate of drug-likeness (QED) is 0.655. The highest BCUT2D eigenvalue weighted by Gasteiger charge is 2.25. The molecule has 0 N–H and O–H groups in total. The summed E-state index contributed by atoms with van der Waals surface area (Å²) in [6, 6.07) is 13.7. The fraction of sp³-hybridized carbons (Fsp3) is 0.375. The molecule has 0 aliphatic carbocycles. The predicted octanol–water partition coefficient (Wildman–Crippen LogP) is 4.87. The number of carbonyl (C=O) groups is 1. The van der Waals surface area contributed by atoms with E-state index in [9.17, 15) is 4.79 Å². The Morgan fingerprint density at radius 1 is 0.966 bits per heavy atom. The summed E-state index contributed by atoms with van der Waals surface area (Å²) in [5.41, 5.74) is 1.96. The van der Waals surface area contributed by atoms with Crippen molar-refractivity contribution < 1.29 is 19.0 Å². The zero-order chi connectivity index (χ0) is 20.6. The van der Waals surface area contributed by atoms with Crippen molar-refractivity contribution in [1.29, 1.82) is 0 Å². The molecule has 1 aliphatic heterocycles. The Balaban J connectivity index is 1.84. The number of benzene rings is 2. The van der Waals surface area contributed by atoms with Gasteiger partial charge in [0.1, 0.15) is 5.75 Å². The van der Waals surface area contributed by atoms with E-state index in [1.54, 1.807) is 33.5 Å². The minimum absolute atomic E-state index is 0.0117. The number of carbonyl (C=O) groups excluding carboxylic acids is 1. The summed E-state index contributed by atoms with van der Waals surface area (Å²) in [7, 11) is 4.87. The van der Waals surface area contributed by atoms with Crippen LogP contribution in [0.5, 0.6) is 17.2 Å². The minimum Gasteiger partial charge on any atom is -0.497 e. The van der Waals surface area contributed by atoms with Crippen LogP contribution in [0, 0.1) is 0 Å². The molecule has 1 saturated heterocycles. The lowest BCUT2D eigenvalue weighted by Crippen LogP contribution is -2.33. The van der Waals surface area contributed by atoms with Crippen molar-refractivity contribution >= 4 is 12.0 Å². The van der Waals surface area contributed by atoms with Crippen molar-refractivity contribution in [2.75, 3.05) is 27.9 Å². The van der Waals surface area contributed by atoms with Gasteiger partial charge in [-0.2, -0.15) is 0 Å². The average Bonchev–Trinajstić information content (AvgIpc) is 3.03. The molecular formula is C24H29NO4. The zero-order valence-corrected chi connectivity index (χ0v) is 17.4. The van der Waals surface area contributed by atoms with Gasteiger partial charge in [-0.3, -0.25) is 4.79 Å². The first-order valence-corrected chi connectivity index (χ1v) is 10.0. The van der Waals surface area contributed by atoms with Crippen LogP contribution in [0.1, 0.15) is 42.9 Å². The zero-order valence-electron chi connectivity index (χ0n) is 17.4. The fourth-order valence-corrected chi connectivity index (χ4v) is 3.84. The van der Waals surface area contributed by atoms with Crippen LogP contribution in [0.15, 0.2) is 48.5 Å². The summed E-state index contributed by atoms with van der Waals surface area (Å²) >= 11 is 0. The standard InChI is InChI=1S/C24H29NO4/c1-27-20-14-11-18(12-15-20)21-9-5-4-6-17-25(21)23(26)16-13-19-8-7-10-22(28-2)24(19)29-3/h7-8,10-16,21H,4-6,9,17H2,1-3H3/b16-13+/t21-/m0/s1. The van der Waals surface area contributed by atoms with Crippen molar-refractivity contribution in [3.05, 3.63) is 59.7 Å². The van der Waals surface area contributed by atoms with E-state index in [0.29, 0.717) is 11.5 Å². The molecule has 29 heavy (non-hydrogen) atoms. The smallest absolute Gasteiger partial charge is 0.247 e. The first-order chi connectivity index (χ1) is 14.2. The van der Waals surface area contributed by atoms with E-state index >= 15 is 0 Å². The highest BCUT2D eigenvalue weighted by atomic mass is 16.5. The van der Waals surface area contributed by atoms with Crippen LogP contribution in [-0.4, -0.2) is 38.7 Å². The first kappa shape index (κ1) is 20.8. The molecule has 1 atom stereocenters. The van der Waals surface area contributed by atoms with E-state index in [-0.39, 0.29) is 11.9 Å². The molecule has 3 rings (SSSR count). The second-order valence-corrected chi connectivity index (χ2v) is 7.09. The van der Waals surface area contributed by atoms with E-state index in [0.717, 1.165) is 49.1 Å². The fourth-order valence-electron chi connectivity index (χ4n) is 3.84. The van der Waals surface area contributed by atoms with Gasteiger partial charge in [0.2, 0.25) is 5.91 Å². The van der Waals surface area contributed by atoms with E-state index in [1.807, 2.05) is 35.2 Å². The van der Waals surface area contributed by atoms with Crippen molar-refractivity contribution in [1.82, 2.24) is 4.90 Å². The third kappa shape index (κ3) is 4.91. The van der Waals surface area contributed by atoms with Crippen LogP contribution >= 0.6 is 0 Å². The van der Waals surface area contributed by atoms with Gasteiger partial charge in [0, 0.05) is 18.2 Å². The number of hydrogen-bond donors (Lipinski definition) is 0. The number of hydrogen-bond acceptors (Lipinski definition) is 4. The second-order valence-electron chi connectivity index (χ2n) is 7.09. The highest BCUT2D eigenvalue weighted by Crippen LogP contribution is 2.33. The number of likely N-dealkylation sites (tertiary alicyclic amines) is 1. The molecule has 1 fully saturated rings. The molecule has 2 aromatic carbocycles. The largest absolute Gasteiger partial charge is 0.497 e. The monoisotopic (exact) mass is 395 g/mol. The van der Waals surface area contributed by atoms with Crippen LogP contribution < -0.4 is 14.2 Å². The van der Waals surface area contributed by atoms with E-state index < -0.39 is 0 Å². The van der Waals surface area contributed by atoms with Crippen molar-refractivity contribution in [3.8, 4) is 17.2 Å². The molecule has 5 nitrogen and oxygen atoms in total. The van der Waals surface area contributed by atoms with E-state index in [2.05, 4.69) is 12.1 Å². The summed E-state index contributed by atoms with van der Waals surface area (Å²) in [6.07, 6.45) is 7.69. The molecule has 154 valence electrons. The van der Waals surface area contributed by atoms with Crippen molar-refractivity contribution in [2.24, 2.45) is 0 Å². The summed E-state index contributed by atoms with van der Waals surface area (Å²) in [6.45, 7) is 0.759. The van der Waals surface area contributed by atoms with Crippen LogP contribution in [-0.2, 0) is 4.79 Å². The number of para-hydroxylation sites is 1. The highest BCUT2D eigenvalue weighted by molar-refractivity contribution is 5.92. The van der Waals surface area contributed by atoms with Gasteiger partial charge in [0.15, 0.2) is 11.5 Å². The van der Waals surface area contributed by atoms with Gasteiger partial charge in [-0.25, -0.2) is 0 Å². The normalized spacial score (nSPS) is 17.1. The second kappa shape index (κ2) is 10.0. The number of methoxy groups -OCH3 is 3. The van der Waals surface area contributed by atoms with Crippen LogP contribution in [0.3, 0.4) is 0 Å². The van der Waals surface area contributed by atoms with Crippen molar-refractivity contribution in [3.63, 3.8) is 0 Å². The minimum atomic E-state index is 0.0117. The van der Waals surface area contributed by atoms with E-state index in [1.165, 1.54) is 0 Å². The molecule has 5 heteroatoms. The summed E-state index contributed by atoms with van der Waals surface area (Å²) in [5.74, 6) is 2.11. The Morgan fingerprint density at radius 2 is 1.76 bits per heavy atom. The van der Waals surface area contributed by atoms with Crippen LogP contribution in [0.4, 0.5) is 0 Å². The van der Waals surface area contributed by atoms with Gasteiger partial charge < -0.3 is 19.1 Å². The lowest BCUT2D eigenvalue weighted by atomic mass is 10.0. The lowest BCUT2D eigenvalue weighted by molar-refractivity contribution is -0.128. The third-order valence-electron chi connectivity index (χ3n) is 5.38. The molecule has 2 aromatic rings. The Kier molecular flexibility index (Phi) is 7.17. The molecule has 0 saturated carbocycles. The molecule has 0 spiro atoms. The van der Waals surface area contributed by atoms with Gasteiger partial charge in [-0.1, -0.05) is 37.1 Å². The van der Waals surface area contributed by atoms with Gasteiger partial charge in [0.05, 0.1) is 27.4 Å². The third-order valence-corrected chi connectivity index (χ3v) is 5.38. The number of ether oxygens (including phenoxy) is 3. The van der Waals surface area contributed by atoms with Crippen LogP contribution in [0.2, 0.25) is 0 Å². The summed E-state index contributed by atoms with van der Waals surface area (Å²) in [4.78, 5) is 15.1. The Bertz CT molecular complexity index is 844. The molecule has 0 aromatic heterocycles. The molecule has 0 radical (unpaired) electrons. The summed E-state index contributed by atoms with van der Waals surface area (Å²) in [5, 5.41) is 0. The number of amides is 1. The van der Waals surface area contributed by atoms with Crippen molar-refractivity contribution in [2.45, 2.75) is 31.7 Å². The van der Waals surface area contributed by atoms with Gasteiger partial charge in [0.25, 0.3) is 0 Å². The summed E-state index contributed by atoms with van der Waals surface area (Å²) < 4.78 is 16.1. The molecule has 1 aliphatic rings. The maximum atomic E-state index is 13.1. The Hall–Kier alpha value is -2.95. The lowest BCUT2D eigenvalue weighted by Gasteiger charge is -2.29. The maximum absolute atomic E-state index is 13.1. The predicted molar refractivity (Wildman–Crippen MR) is 114 cm³/mol. The average molecular weight is 395 g/mol.